The molecule has 106 valence electrons. The minimum Gasteiger partial charge on any atom is -0.360 e. The lowest BCUT2D eigenvalue weighted by Gasteiger charge is -2.17. The second kappa shape index (κ2) is 4.41. The SMILES string of the molecule is NC1(c2noc(-c3noc4c3CCCC4)n2)CCCC1. The summed E-state index contributed by atoms with van der Waals surface area (Å²) in [5.41, 5.74) is 7.77. The first kappa shape index (κ1) is 12.1. The number of nitrogens with two attached hydrogens (primary N) is 1. The van der Waals surface area contributed by atoms with Crippen LogP contribution in [0.5, 0.6) is 0 Å². The molecule has 2 aromatic rings. The van der Waals surface area contributed by atoms with Crippen molar-refractivity contribution in [3.8, 4) is 11.6 Å². The zero-order chi connectivity index (χ0) is 13.6. The fraction of sp³-hybridized carbons (Fsp3) is 0.643. The van der Waals surface area contributed by atoms with Crippen LogP contribution in [0, 0.1) is 0 Å². The monoisotopic (exact) mass is 274 g/mol. The zero-order valence-electron chi connectivity index (χ0n) is 11.4. The maximum atomic E-state index is 6.36. The molecule has 6 heteroatoms. The van der Waals surface area contributed by atoms with E-state index < -0.39 is 5.54 Å². The number of aromatic nitrogens is 3. The molecule has 0 radical (unpaired) electrons. The Bertz CT molecular complexity index is 625. The lowest BCUT2D eigenvalue weighted by atomic mass is 9.96. The van der Waals surface area contributed by atoms with Gasteiger partial charge in [-0.2, -0.15) is 4.98 Å². The van der Waals surface area contributed by atoms with Crippen LogP contribution in [0.3, 0.4) is 0 Å². The van der Waals surface area contributed by atoms with Gasteiger partial charge in [-0.1, -0.05) is 23.2 Å². The molecule has 0 bridgehead atoms. The summed E-state index contributed by atoms with van der Waals surface area (Å²) < 4.78 is 10.8. The van der Waals surface area contributed by atoms with Crippen LogP contribution in [0.15, 0.2) is 9.05 Å². The maximum absolute atomic E-state index is 6.36. The van der Waals surface area contributed by atoms with Gasteiger partial charge in [-0.3, -0.25) is 0 Å². The third kappa shape index (κ3) is 1.78. The van der Waals surface area contributed by atoms with Gasteiger partial charge < -0.3 is 14.8 Å². The Hall–Kier alpha value is -1.69. The predicted molar refractivity (Wildman–Crippen MR) is 70.8 cm³/mol. The highest BCUT2D eigenvalue weighted by Crippen LogP contribution is 2.36. The average Bonchev–Trinajstić information content (AvgIpc) is 3.16. The van der Waals surface area contributed by atoms with Crippen molar-refractivity contribution in [2.75, 3.05) is 0 Å². The second-order valence-corrected chi connectivity index (χ2v) is 5.93. The number of aryl methyl sites for hydroxylation is 1. The van der Waals surface area contributed by atoms with Crippen LogP contribution in [0.4, 0.5) is 0 Å². The van der Waals surface area contributed by atoms with Crippen molar-refractivity contribution in [3.05, 3.63) is 17.1 Å². The predicted octanol–water partition coefficient (Wildman–Crippen LogP) is 2.33. The van der Waals surface area contributed by atoms with Crippen molar-refractivity contribution in [1.29, 1.82) is 0 Å². The molecule has 2 aliphatic rings. The number of hydrogen-bond acceptors (Lipinski definition) is 6. The van der Waals surface area contributed by atoms with Crippen LogP contribution in [-0.2, 0) is 18.4 Å². The highest BCUT2D eigenvalue weighted by molar-refractivity contribution is 5.54. The van der Waals surface area contributed by atoms with Gasteiger partial charge in [0.2, 0.25) is 0 Å². The van der Waals surface area contributed by atoms with Crippen LogP contribution >= 0.6 is 0 Å². The summed E-state index contributed by atoms with van der Waals surface area (Å²) in [5.74, 6) is 2.02. The van der Waals surface area contributed by atoms with Gasteiger partial charge in [0.1, 0.15) is 5.76 Å². The van der Waals surface area contributed by atoms with Gasteiger partial charge in [-0.25, -0.2) is 0 Å². The molecule has 2 heterocycles. The number of nitrogens with zero attached hydrogens (tertiary/aromatic N) is 3. The van der Waals surface area contributed by atoms with Gasteiger partial charge in [-0.05, 0) is 32.1 Å². The zero-order valence-corrected chi connectivity index (χ0v) is 11.4. The van der Waals surface area contributed by atoms with Crippen LogP contribution < -0.4 is 5.73 Å². The lowest BCUT2D eigenvalue weighted by Crippen LogP contribution is -2.34. The van der Waals surface area contributed by atoms with Gasteiger partial charge in [0.25, 0.3) is 5.89 Å². The van der Waals surface area contributed by atoms with Crippen molar-refractivity contribution in [2.24, 2.45) is 5.73 Å². The van der Waals surface area contributed by atoms with Gasteiger partial charge in [0.15, 0.2) is 11.5 Å². The minimum atomic E-state index is -0.425. The molecule has 1 fully saturated rings. The van der Waals surface area contributed by atoms with E-state index in [1.54, 1.807) is 0 Å². The first-order valence-corrected chi connectivity index (χ1v) is 7.37. The third-order valence-electron chi connectivity index (χ3n) is 4.52. The molecular formula is C14H18N4O2. The van der Waals surface area contributed by atoms with Crippen LogP contribution in [0.25, 0.3) is 11.6 Å². The van der Waals surface area contributed by atoms with Crippen molar-refractivity contribution in [1.82, 2.24) is 15.3 Å². The van der Waals surface area contributed by atoms with E-state index in [1.165, 1.54) is 0 Å². The van der Waals surface area contributed by atoms with Gasteiger partial charge in [-0.15, -0.1) is 0 Å². The Kier molecular flexibility index (Phi) is 2.66. The first-order chi connectivity index (χ1) is 9.76. The number of rotatable bonds is 2. The Morgan fingerprint density at radius 3 is 2.60 bits per heavy atom. The van der Waals surface area contributed by atoms with Crippen molar-refractivity contribution < 1.29 is 9.05 Å². The standard InChI is InChI=1S/C14H18N4O2/c15-14(7-3-4-8-14)13-16-12(20-18-13)11-9-5-1-2-6-10(9)19-17-11/h1-8,15H2. The molecule has 0 unspecified atom stereocenters. The van der Waals surface area contributed by atoms with Crippen LogP contribution in [0.2, 0.25) is 0 Å². The molecule has 2 aromatic heterocycles. The maximum Gasteiger partial charge on any atom is 0.280 e. The van der Waals surface area contributed by atoms with E-state index in [-0.39, 0.29) is 0 Å². The van der Waals surface area contributed by atoms with E-state index in [1.807, 2.05) is 0 Å². The summed E-state index contributed by atoms with van der Waals surface area (Å²) >= 11 is 0. The summed E-state index contributed by atoms with van der Waals surface area (Å²) in [6.07, 6.45) is 8.32. The molecule has 2 N–H and O–H groups in total. The summed E-state index contributed by atoms with van der Waals surface area (Å²) in [5, 5.41) is 8.20. The highest BCUT2D eigenvalue weighted by Gasteiger charge is 2.36. The van der Waals surface area contributed by atoms with E-state index in [2.05, 4.69) is 15.3 Å². The van der Waals surface area contributed by atoms with Crippen LogP contribution in [-0.4, -0.2) is 15.3 Å². The van der Waals surface area contributed by atoms with E-state index in [0.717, 1.165) is 62.7 Å². The Morgan fingerprint density at radius 2 is 1.75 bits per heavy atom. The quantitative estimate of drug-likeness (QED) is 0.903. The van der Waals surface area contributed by atoms with Crippen molar-refractivity contribution in [3.63, 3.8) is 0 Å². The molecule has 0 saturated heterocycles. The number of hydrogen-bond donors (Lipinski definition) is 1. The topological polar surface area (TPSA) is 91.0 Å². The first-order valence-electron chi connectivity index (χ1n) is 7.37. The molecule has 0 amide bonds. The third-order valence-corrected chi connectivity index (χ3v) is 4.52. The minimum absolute atomic E-state index is 0.425. The van der Waals surface area contributed by atoms with Gasteiger partial charge in [0.05, 0.1) is 5.54 Å². The summed E-state index contributed by atoms with van der Waals surface area (Å²) in [4.78, 5) is 4.49. The van der Waals surface area contributed by atoms with Crippen molar-refractivity contribution >= 4 is 0 Å². The molecule has 6 nitrogen and oxygen atoms in total. The van der Waals surface area contributed by atoms with Crippen molar-refractivity contribution in [2.45, 2.75) is 56.9 Å². The van der Waals surface area contributed by atoms with Crippen LogP contribution in [0.1, 0.15) is 55.7 Å². The molecule has 2 aliphatic carbocycles. The fourth-order valence-corrected chi connectivity index (χ4v) is 3.30. The fourth-order valence-electron chi connectivity index (χ4n) is 3.30. The Balaban J connectivity index is 1.70. The molecule has 4 rings (SSSR count). The molecule has 0 aliphatic heterocycles. The average molecular weight is 274 g/mol. The van der Waals surface area contributed by atoms with Gasteiger partial charge >= 0.3 is 0 Å². The largest absolute Gasteiger partial charge is 0.360 e. The molecule has 20 heavy (non-hydrogen) atoms. The normalized spacial score (nSPS) is 21.1. The Morgan fingerprint density at radius 1 is 0.950 bits per heavy atom. The summed E-state index contributed by atoms with van der Waals surface area (Å²) in [6.45, 7) is 0. The van der Waals surface area contributed by atoms with E-state index in [9.17, 15) is 0 Å². The van der Waals surface area contributed by atoms with E-state index >= 15 is 0 Å². The molecule has 0 atom stereocenters. The van der Waals surface area contributed by atoms with E-state index in [0.29, 0.717) is 17.4 Å². The summed E-state index contributed by atoms with van der Waals surface area (Å²) in [6, 6.07) is 0. The van der Waals surface area contributed by atoms with E-state index in [4.69, 9.17) is 14.8 Å². The van der Waals surface area contributed by atoms with Gasteiger partial charge in [0, 0.05) is 12.0 Å². The summed E-state index contributed by atoms with van der Waals surface area (Å²) in [7, 11) is 0. The Labute approximate surface area is 116 Å². The lowest BCUT2D eigenvalue weighted by molar-refractivity contribution is 0.363. The molecule has 0 aromatic carbocycles. The smallest absolute Gasteiger partial charge is 0.280 e. The number of fused-ring (bicyclic) bond motifs is 1. The molecule has 0 spiro atoms. The molecule has 1 saturated carbocycles. The molecular weight excluding hydrogens is 256 g/mol. The second-order valence-electron chi connectivity index (χ2n) is 5.93. The highest BCUT2D eigenvalue weighted by atomic mass is 16.5.